The summed E-state index contributed by atoms with van der Waals surface area (Å²) in [5, 5.41) is 20.0. The molecule has 0 bridgehead atoms. The minimum atomic E-state index is -0.157. The largest absolute Gasteiger partial charge is 0.356 e. The highest BCUT2D eigenvalue weighted by Crippen LogP contribution is 2.21. The van der Waals surface area contributed by atoms with Crippen molar-refractivity contribution in [2.45, 2.75) is 6.42 Å². The van der Waals surface area contributed by atoms with E-state index in [1.165, 1.54) is 0 Å². The molecule has 0 atom stereocenters. The number of aromatic nitrogens is 5. The van der Waals surface area contributed by atoms with Crippen LogP contribution in [0.15, 0.2) is 71.5 Å². The molecule has 8 heteroatoms. The molecule has 0 aliphatic rings. The Kier molecular flexibility index (Phi) is 3.79. The fraction of sp³-hybridized carbons (Fsp3) is 0.0500. The van der Waals surface area contributed by atoms with Gasteiger partial charge in [0.25, 0.3) is 0 Å². The lowest BCUT2D eigenvalue weighted by Gasteiger charge is -2.06. The normalized spacial score (nSPS) is 11.1. The van der Waals surface area contributed by atoms with Gasteiger partial charge in [-0.15, -0.1) is 10.2 Å². The Morgan fingerprint density at radius 2 is 1.89 bits per heavy atom. The van der Waals surface area contributed by atoms with Crippen LogP contribution < -0.4 is 5.32 Å². The molecule has 3 heterocycles. The van der Waals surface area contributed by atoms with E-state index in [0.717, 1.165) is 16.6 Å². The molecule has 0 radical (unpaired) electrons. The van der Waals surface area contributed by atoms with Crippen LogP contribution in [0.2, 0.25) is 0 Å². The summed E-state index contributed by atoms with van der Waals surface area (Å²) < 4.78 is 6.86. The summed E-state index contributed by atoms with van der Waals surface area (Å²) in [5.41, 5.74) is 4.40. The number of amides is 1. The number of nitrogens with zero attached hydrogens (tertiary/aromatic N) is 5. The van der Waals surface area contributed by atoms with Crippen molar-refractivity contribution in [3.05, 3.63) is 72.7 Å². The summed E-state index contributed by atoms with van der Waals surface area (Å²) in [7, 11) is 0. The van der Waals surface area contributed by atoms with Crippen molar-refractivity contribution in [3.63, 3.8) is 0 Å². The Morgan fingerprint density at radius 1 is 1.04 bits per heavy atom. The number of rotatable bonds is 4. The Balaban J connectivity index is 1.31. The van der Waals surface area contributed by atoms with E-state index < -0.39 is 0 Å². The van der Waals surface area contributed by atoms with Crippen LogP contribution >= 0.6 is 0 Å². The Labute approximate surface area is 158 Å². The molecule has 136 valence electrons. The molecule has 28 heavy (non-hydrogen) atoms. The topological polar surface area (TPSA) is 98.2 Å². The SMILES string of the molecule is O=C(Cc1noc2ccccc12)Nc1ccc(-c2ccc3nncn3n2)cc1. The Bertz CT molecular complexity index is 1290. The van der Waals surface area contributed by atoms with Crippen LogP contribution in [0.1, 0.15) is 5.69 Å². The molecular weight excluding hydrogens is 356 g/mol. The van der Waals surface area contributed by atoms with Gasteiger partial charge in [0.1, 0.15) is 12.0 Å². The number of carbonyl (C=O) groups excluding carboxylic acids is 1. The van der Waals surface area contributed by atoms with Crippen molar-refractivity contribution in [1.29, 1.82) is 0 Å². The van der Waals surface area contributed by atoms with Crippen LogP contribution in [-0.2, 0) is 11.2 Å². The third-order valence-electron chi connectivity index (χ3n) is 4.41. The highest BCUT2D eigenvalue weighted by atomic mass is 16.5. The minimum Gasteiger partial charge on any atom is -0.356 e. The molecule has 1 N–H and O–H groups in total. The van der Waals surface area contributed by atoms with Gasteiger partial charge in [-0.2, -0.15) is 9.61 Å². The number of fused-ring (bicyclic) bond motifs is 2. The first kappa shape index (κ1) is 16.1. The molecule has 0 fully saturated rings. The van der Waals surface area contributed by atoms with Crippen LogP contribution in [0.4, 0.5) is 5.69 Å². The van der Waals surface area contributed by atoms with Gasteiger partial charge in [-0.1, -0.05) is 29.4 Å². The third-order valence-corrected chi connectivity index (χ3v) is 4.41. The molecule has 0 saturated carbocycles. The molecule has 8 nitrogen and oxygen atoms in total. The average molecular weight is 370 g/mol. The summed E-state index contributed by atoms with van der Waals surface area (Å²) in [5.74, 6) is -0.157. The number of hydrogen-bond donors (Lipinski definition) is 1. The fourth-order valence-corrected chi connectivity index (χ4v) is 3.03. The van der Waals surface area contributed by atoms with E-state index in [-0.39, 0.29) is 12.3 Å². The number of hydrogen-bond acceptors (Lipinski definition) is 6. The molecule has 1 amide bonds. The van der Waals surface area contributed by atoms with E-state index in [1.54, 1.807) is 10.8 Å². The quantitative estimate of drug-likeness (QED) is 0.522. The molecule has 5 rings (SSSR count). The first-order valence-electron chi connectivity index (χ1n) is 8.67. The summed E-state index contributed by atoms with van der Waals surface area (Å²) in [4.78, 5) is 12.4. The van der Waals surface area contributed by atoms with Crippen LogP contribution in [0.5, 0.6) is 0 Å². The minimum absolute atomic E-state index is 0.143. The van der Waals surface area contributed by atoms with Crippen LogP contribution in [0.25, 0.3) is 27.9 Å². The number of benzene rings is 2. The smallest absolute Gasteiger partial charge is 0.230 e. The summed E-state index contributed by atoms with van der Waals surface area (Å²) >= 11 is 0. The lowest BCUT2D eigenvalue weighted by Crippen LogP contribution is -2.14. The monoisotopic (exact) mass is 370 g/mol. The van der Waals surface area contributed by atoms with Gasteiger partial charge in [0.15, 0.2) is 11.2 Å². The lowest BCUT2D eigenvalue weighted by molar-refractivity contribution is -0.115. The second-order valence-corrected chi connectivity index (χ2v) is 6.28. The predicted molar refractivity (Wildman–Crippen MR) is 103 cm³/mol. The van der Waals surface area contributed by atoms with Gasteiger partial charge >= 0.3 is 0 Å². The van der Waals surface area contributed by atoms with Crippen LogP contribution in [0.3, 0.4) is 0 Å². The molecule has 2 aromatic carbocycles. The molecule has 0 saturated heterocycles. The molecule has 5 aromatic rings. The first-order valence-corrected chi connectivity index (χ1v) is 8.67. The third kappa shape index (κ3) is 2.96. The summed E-state index contributed by atoms with van der Waals surface area (Å²) in [6, 6.07) is 18.7. The van der Waals surface area contributed by atoms with Gasteiger partial charge in [0.05, 0.1) is 12.1 Å². The van der Waals surface area contributed by atoms with Crippen LogP contribution in [0, 0.1) is 0 Å². The van der Waals surface area contributed by atoms with Gasteiger partial charge in [-0.25, -0.2) is 0 Å². The standard InChI is InChI=1S/C20H14N6O2/c27-20(11-17-15-3-1-2-4-18(15)28-25-17)22-14-7-5-13(6-8-14)16-9-10-19-23-21-12-26(19)24-16/h1-10,12H,11H2,(H,22,27). The van der Waals surface area contributed by atoms with Crippen molar-refractivity contribution in [3.8, 4) is 11.3 Å². The second-order valence-electron chi connectivity index (χ2n) is 6.28. The average Bonchev–Trinajstić information content (AvgIpc) is 3.35. The van der Waals surface area contributed by atoms with E-state index in [0.29, 0.717) is 22.6 Å². The van der Waals surface area contributed by atoms with E-state index in [4.69, 9.17) is 4.52 Å². The van der Waals surface area contributed by atoms with Crippen molar-refractivity contribution >= 4 is 28.2 Å². The highest BCUT2D eigenvalue weighted by Gasteiger charge is 2.12. The zero-order chi connectivity index (χ0) is 18.9. The first-order chi connectivity index (χ1) is 13.8. The van der Waals surface area contributed by atoms with E-state index in [9.17, 15) is 4.79 Å². The number of para-hydroxylation sites is 1. The number of carbonyl (C=O) groups is 1. The molecule has 3 aromatic heterocycles. The molecule has 0 aliphatic carbocycles. The van der Waals surface area contributed by atoms with Crippen molar-refractivity contribution < 1.29 is 9.32 Å². The Hall–Kier alpha value is -4.07. The van der Waals surface area contributed by atoms with Crippen LogP contribution in [-0.4, -0.2) is 30.9 Å². The molecular formula is C20H14N6O2. The second kappa shape index (κ2) is 6.58. The maximum atomic E-state index is 12.4. The highest BCUT2D eigenvalue weighted by molar-refractivity contribution is 5.94. The van der Waals surface area contributed by atoms with E-state index in [2.05, 4.69) is 25.8 Å². The zero-order valence-corrected chi connectivity index (χ0v) is 14.6. The lowest BCUT2D eigenvalue weighted by atomic mass is 10.1. The summed E-state index contributed by atoms with van der Waals surface area (Å²) in [6.07, 6.45) is 1.70. The number of nitrogens with one attached hydrogen (secondary N) is 1. The Morgan fingerprint density at radius 3 is 2.79 bits per heavy atom. The maximum absolute atomic E-state index is 12.4. The van der Waals surface area contributed by atoms with Crippen molar-refractivity contribution in [2.24, 2.45) is 0 Å². The fourth-order valence-electron chi connectivity index (χ4n) is 3.03. The van der Waals surface area contributed by atoms with Gasteiger partial charge in [-0.05, 0) is 36.4 Å². The van der Waals surface area contributed by atoms with Gasteiger partial charge in [0, 0.05) is 16.6 Å². The maximum Gasteiger partial charge on any atom is 0.230 e. The zero-order valence-electron chi connectivity index (χ0n) is 14.6. The van der Waals surface area contributed by atoms with Gasteiger partial charge < -0.3 is 9.84 Å². The summed E-state index contributed by atoms with van der Waals surface area (Å²) in [6.45, 7) is 0. The van der Waals surface area contributed by atoms with Gasteiger partial charge in [0.2, 0.25) is 5.91 Å². The molecule has 0 spiro atoms. The van der Waals surface area contributed by atoms with Crippen molar-refractivity contribution in [2.75, 3.05) is 5.32 Å². The van der Waals surface area contributed by atoms with Gasteiger partial charge in [-0.3, -0.25) is 4.79 Å². The number of anilines is 1. The van der Waals surface area contributed by atoms with E-state index >= 15 is 0 Å². The van der Waals surface area contributed by atoms with E-state index in [1.807, 2.05) is 60.7 Å². The predicted octanol–water partition coefficient (Wildman–Crippen LogP) is 3.11. The molecule has 0 aliphatic heterocycles. The van der Waals surface area contributed by atoms with Crippen molar-refractivity contribution in [1.82, 2.24) is 25.0 Å². The molecule has 0 unspecified atom stereocenters.